The molecule has 0 spiro atoms. The molecule has 4 aliphatic rings. The maximum absolute atomic E-state index is 12.5. The summed E-state index contributed by atoms with van der Waals surface area (Å²) in [7, 11) is 0. The van der Waals surface area contributed by atoms with Crippen molar-refractivity contribution in [2.24, 2.45) is 0 Å². The number of aliphatic hydroxyl groups excluding tert-OH is 4. The molecule has 0 saturated carbocycles. The van der Waals surface area contributed by atoms with Crippen LogP contribution in [0.4, 0.5) is 13.2 Å². The standard InChI is InChI=1S/C19H18Cl2F3N3O.C19H21Cl2N3O.2C16H15Cl2N3O.2C3H6O/c20-11-1-2-15-13(7-11)14-8-12(21)9-25-18(14)27(15)16-3-5-26(10-17(16)28)6-4-19(22,23)24;1-2-6-23-7-5-18(25)17(11-23)24-16-4-3-12(20)8-14(16)15-9-13(21)10-22-19(15)24;17-9-1-2-13-11(5-9)12-6-10(18)7-20-16(12)21(13)14-8-19-4-3-15(14)22;17-9-1-2-13-11(5-9)12-6-10(18)7-20-16(12)21(13)14-3-4-19-8-15(14)22;2*1-2-3-4/h1-2,7-9,16-17,28H,3-6,10H2;3-4,8-10,17-18,25H,2,5-7,11H2,1H3;2*1-2,5-7,14-15,19,22H,3-4,8H2;2*3H,2H2,1H3/t16-,17-;17-,18-;2*14-,15-;;/m1111../s1. The molecule has 18 nitrogen and oxygen atoms in total. The molecule has 6 N–H and O–H groups in total. The molecule has 0 bridgehead atoms. The Balaban J connectivity index is 0.000000136. The van der Waals surface area contributed by atoms with Crippen LogP contribution in [0.25, 0.3) is 87.7 Å². The van der Waals surface area contributed by atoms with E-state index in [1.807, 2.05) is 109 Å². The van der Waals surface area contributed by atoms with Crippen LogP contribution >= 0.6 is 92.8 Å². The molecule has 0 radical (unpaired) electrons. The van der Waals surface area contributed by atoms with Gasteiger partial charge in [-0.3, -0.25) is 0 Å². The molecule has 29 heteroatoms. The van der Waals surface area contributed by atoms with Crippen LogP contribution in [-0.4, -0.2) is 177 Å². The van der Waals surface area contributed by atoms with Crippen LogP contribution < -0.4 is 10.6 Å². The van der Waals surface area contributed by atoms with Gasteiger partial charge in [-0.1, -0.05) is 114 Å². The Labute approximate surface area is 644 Å². The van der Waals surface area contributed by atoms with Crippen molar-refractivity contribution in [3.63, 3.8) is 0 Å². The quantitative estimate of drug-likeness (QED) is 0.0703. The van der Waals surface area contributed by atoms with Gasteiger partial charge in [0.15, 0.2) is 0 Å². The van der Waals surface area contributed by atoms with Crippen LogP contribution in [0.5, 0.6) is 0 Å². The molecule has 12 aromatic rings. The van der Waals surface area contributed by atoms with Gasteiger partial charge in [-0.05, 0) is 149 Å². The highest BCUT2D eigenvalue weighted by Crippen LogP contribution is 2.42. The van der Waals surface area contributed by atoms with Gasteiger partial charge in [0.2, 0.25) is 0 Å². The zero-order valence-corrected chi connectivity index (χ0v) is 63.8. The minimum Gasteiger partial charge on any atom is -0.391 e. The Morgan fingerprint density at radius 2 is 0.762 bits per heavy atom. The van der Waals surface area contributed by atoms with Gasteiger partial charge >= 0.3 is 6.18 Å². The van der Waals surface area contributed by atoms with Crippen LogP contribution in [0.2, 0.25) is 40.2 Å². The summed E-state index contributed by atoms with van der Waals surface area (Å²) in [6.07, 6.45) is 6.40. The first kappa shape index (κ1) is 79.8. The summed E-state index contributed by atoms with van der Waals surface area (Å²) in [5, 5.41) is 61.4. The number of alkyl halides is 3. The number of rotatable bonds is 10. The van der Waals surface area contributed by atoms with E-state index in [9.17, 15) is 43.2 Å². The fourth-order valence-corrected chi connectivity index (χ4v) is 15.9. The van der Waals surface area contributed by atoms with Crippen molar-refractivity contribution >= 4 is 193 Å². The topological polar surface area (TPSA) is 217 Å². The second kappa shape index (κ2) is 35.9. The molecule has 0 aliphatic carbocycles. The summed E-state index contributed by atoms with van der Waals surface area (Å²) in [6.45, 7) is 12.2. The SMILES string of the molecule is CCC=O.CCC=O.CCCN1CC[C@@H](O)[C@H](n2c3ccc(Cl)cc3c3cc(Cl)cnc32)C1.O[C@@H]1CCNC[C@H]1n1c2ccc(Cl)cc2c2cc(Cl)cnc21.O[C@@H]1CN(CCC(F)(F)F)CC[C@H]1n1c2ccc(Cl)cc2c2cc(Cl)cnc21.O[C@@H]1CNCC[C@H]1n1c2ccc(Cl)cc2c2cc(Cl)cnc21. The molecule has 558 valence electrons. The van der Waals surface area contributed by atoms with E-state index in [1.165, 1.54) is 0 Å². The third-order valence-corrected chi connectivity index (χ3v) is 21.0. The van der Waals surface area contributed by atoms with E-state index in [4.69, 9.17) is 92.8 Å². The third kappa shape index (κ3) is 18.4. The highest BCUT2D eigenvalue weighted by molar-refractivity contribution is 6.35. The molecule has 4 saturated heterocycles. The average molecular weight is 1600 g/mol. The van der Waals surface area contributed by atoms with Crippen molar-refractivity contribution in [3.8, 4) is 0 Å². The highest BCUT2D eigenvalue weighted by atomic mass is 35.5. The molecular formula is C76H81Cl8F3N12O6. The molecule has 4 aromatic carbocycles. The van der Waals surface area contributed by atoms with Crippen molar-refractivity contribution in [3.05, 3.63) is 162 Å². The molecule has 0 unspecified atom stereocenters. The summed E-state index contributed by atoms with van der Waals surface area (Å²) < 4.78 is 45.9. The predicted octanol–water partition coefficient (Wildman–Crippen LogP) is 17.5. The first-order chi connectivity index (χ1) is 50.4. The number of hydrogen-bond acceptors (Lipinski definition) is 14. The first-order valence-corrected chi connectivity index (χ1v) is 38.0. The largest absolute Gasteiger partial charge is 0.391 e. The van der Waals surface area contributed by atoms with Crippen LogP contribution in [0, 0.1) is 0 Å². The Morgan fingerprint density at radius 3 is 1.13 bits per heavy atom. The number of piperidine rings is 4. The number of carbonyl (C=O) groups excluding carboxylic acids is 2. The van der Waals surface area contributed by atoms with Gasteiger partial charge in [-0.25, -0.2) is 19.9 Å². The Kier molecular flexibility index (Phi) is 27.3. The number of benzene rings is 4. The molecule has 0 amide bonds. The highest BCUT2D eigenvalue weighted by Gasteiger charge is 2.36. The summed E-state index contributed by atoms with van der Waals surface area (Å²) >= 11 is 49.2. The van der Waals surface area contributed by atoms with E-state index >= 15 is 0 Å². The number of nitrogens with zero attached hydrogens (tertiary/aromatic N) is 10. The van der Waals surface area contributed by atoms with E-state index in [0.29, 0.717) is 84.7 Å². The lowest BCUT2D eigenvalue weighted by atomic mass is 10.0. The van der Waals surface area contributed by atoms with Gasteiger partial charge in [0, 0.05) is 147 Å². The summed E-state index contributed by atoms with van der Waals surface area (Å²) in [6, 6.07) is 30.1. The lowest BCUT2D eigenvalue weighted by Gasteiger charge is -2.37. The van der Waals surface area contributed by atoms with Gasteiger partial charge in [0.1, 0.15) is 35.2 Å². The molecule has 16 rings (SSSR count). The van der Waals surface area contributed by atoms with E-state index in [1.54, 1.807) is 35.8 Å². The molecular weight excluding hydrogens is 1520 g/mol. The number of likely N-dealkylation sites (tertiary alicyclic amines) is 2. The van der Waals surface area contributed by atoms with Crippen molar-refractivity contribution in [1.29, 1.82) is 0 Å². The molecule has 105 heavy (non-hydrogen) atoms. The van der Waals surface area contributed by atoms with Crippen molar-refractivity contribution in [2.75, 3.05) is 65.4 Å². The summed E-state index contributed by atoms with van der Waals surface area (Å²) in [4.78, 5) is 40.5. The number of pyridine rings is 4. The summed E-state index contributed by atoms with van der Waals surface area (Å²) in [5.41, 5.74) is 7.14. The number of aromatic nitrogens is 8. The Bertz CT molecular complexity index is 4650. The molecule has 4 fully saturated rings. The number of halogens is 11. The molecule has 8 atom stereocenters. The number of carbonyl (C=O) groups is 2. The van der Waals surface area contributed by atoms with Gasteiger partial charge in [0.05, 0.1) is 97.2 Å². The third-order valence-electron chi connectivity index (χ3n) is 19.3. The number of hydrogen-bond donors (Lipinski definition) is 6. The van der Waals surface area contributed by atoms with Crippen molar-refractivity contribution < 1.29 is 43.2 Å². The number of nitrogens with one attached hydrogen (secondary N) is 2. The van der Waals surface area contributed by atoms with E-state index in [-0.39, 0.29) is 43.4 Å². The van der Waals surface area contributed by atoms with Gasteiger partial charge in [-0.2, -0.15) is 13.2 Å². The van der Waals surface area contributed by atoms with Gasteiger partial charge in [0.25, 0.3) is 0 Å². The van der Waals surface area contributed by atoms with E-state index < -0.39 is 30.9 Å². The van der Waals surface area contributed by atoms with Crippen LogP contribution in [0.3, 0.4) is 0 Å². The Hall–Kier alpha value is -6.19. The monoisotopic (exact) mass is 1590 g/mol. The maximum atomic E-state index is 12.5. The smallest absolute Gasteiger partial charge is 0.390 e. The van der Waals surface area contributed by atoms with Crippen molar-refractivity contribution in [1.82, 2.24) is 58.6 Å². The zero-order chi connectivity index (χ0) is 75.0. The fraction of sp³-hybridized carbons (Fsp3) is 0.395. The fourth-order valence-electron chi connectivity index (χ4n) is 14.6. The lowest BCUT2D eigenvalue weighted by molar-refractivity contribution is -0.140. The van der Waals surface area contributed by atoms with E-state index in [0.717, 1.165) is 153 Å². The van der Waals surface area contributed by atoms with E-state index in [2.05, 4.69) is 56.1 Å². The minimum absolute atomic E-state index is 0.00361. The lowest BCUT2D eigenvalue weighted by Crippen LogP contribution is -2.45. The number of β-amino-alcohol motifs (C(OH)–C–C–N with tert-alkyl or cyclic N) is 2. The molecule has 4 aliphatic heterocycles. The first-order valence-electron chi connectivity index (χ1n) is 35.0. The van der Waals surface area contributed by atoms with Gasteiger partial charge in [-0.15, -0.1) is 0 Å². The zero-order valence-electron chi connectivity index (χ0n) is 57.8. The second-order valence-corrected chi connectivity index (χ2v) is 29.9. The average Bonchev–Trinajstić information content (AvgIpc) is 1.62. The van der Waals surface area contributed by atoms with Crippen LogP contribution in [0.15, 0.2) is 122 Å². The van der Waals surface area contributed by atoms with Crippen molar-refractivity contribution in [2.45, 2.75) is 127 Å². The van der Waals surface area contributed by atoms with Gasteiger partial charge < -0.3 is 68.7 Å². The molecule has 12 heterocycles. The Morgan fingerprint density at radius 1 is 0.419 bits per heavy atom. The number of aliphatic hydroxyl groups is 4. The minimum atomic E-state index is -4.20. The number of fused-ring (bicyclic) bond motifs is 12. The maximum Gasteiger partial charge on any atom is 0.390 e. The van der Waals surface area contributed by atoms with Crippen LogP contribution in [0.1, 0.15) is 96.3 Å². The second-order valence-electron chi connectivity index (χ2n) is 26.4. The summed E-state index contributed by atoms with van der Waals surface area (Å²) in [5.74, 6) is 0. The van der Waals surface area contributed by atoms with Crippen LogP contribution in [-0.2, 0) is 9.59 Å². The predicted molar refractivity (Wildman–Crippen MR) is 420 cm³/mol. The number of aldehydes is 2. The molecule has 8 aromatic heterocycles. The normalized spacial score (nSPS) is 20.9.